The van der Waals surface area contributed by atoms with E-state index < -0.39 is 0 Å². The monoisotopic (exact) mass is 321 g/mol. The average Bonchev–Trinajstić information content (AvgIpc) is 3.05. The number of hydrogen-bond donors (Lipinski definition) is 1. The predicted molar refractivity (Wildman–Crippen MR) is 92.4 cm³/mol. The summed E-state index contributed by atoms with van der Waals surface area (Å²) in [5, 5.41) is 6.99. The van der Waals surface area contributed by atoms with Crippen LogP contribution < -0.4 is 5.32 Å². The van der Waals surface area contributed by atoms with Crippen LogP contribution in [0.25, 0.3) is 11.8 Å². The zero-order valence-electron chi connectivity index (χ0n) is 13.1. The van der Waals surface area contributed by atoms with Gasteiger partial charge in [0.25, 0.3) is 0 Å². The first kappa shape index (κ1) is 15.7. The van der Waals surface area contributed by atoms with Gasteiger partial charge >= 0.3 is 0 Å². The molecule has 0 radical (unpaired) electrons. The highest BCUT2D eigenvalue weighted by molar-refractivity contribution is 6.02. The smallest absolute Gasteiger partial charge is 0.248 e. The highest BCUT2D eigenvalue weighted by Crippen LogP contribution is 2.16. The quantitative estimate of drug-likeness (QED) is 0.739. The molecule has 0 fully saturated rings. The van der Waals surface area contributed by atoms with Crippen molar-refractivity contribution in [1.29, 1.82) is 0 Å². The molecule has 2 aromatic carbocycles. The second kappa shape index (κ2) is 6.91. The van der Waals surface area contributed by atoms with Crippen LogP contribution in [0, 0.1) is 12.7 Å². The normalized spacial score (nSPS) is 10.9. The van der Waals surface area contributed by atoms with Gasteiger partial charge < -0.3 is 5.32 Å². The fourth-order valence-electron chi connectivity index (χ4n) is 2.26. The van der Waals surface area contributed by atoms with Crippen LogP contribution in [0.3, 0.4) is 0 Å². The zero-order valence-corrected chi connectivity index (χ0v) is 13.1. The lowest BCUT2D eigenvalue weighted by Gasteiger charge is -2.05. The Morgan fingerprint density at radius 1 is 1.21 bits per heavy atom. The number of carbonyl (C=O) groups is 1. The van der Waals surface area contributed by atoms with Gasteiger partial charge in [-0.05, 0) is 48.9 Å². The zero-order chi connectivity index (χ0) is 16.9. The number of para-hydroxylation sites is 1. The number of benzene rings is 2. The molecule has 120 valence electrons. The summed E-state index contributed by atoms with van der Waals surface area (Å²) in [6, 6.07) is 13.9. The van der Waals surface area contributed by atoms with Crippen molar-refractivity contribution in [2.75, 3.05) is 5.32 Å². The molecule has 5 heteroatoms. The second-order valence-electron chi connectivity index (χ2n) is 5.34. The third-order valence-corrected chi connectivity index (χ3v) is 3.50. The molecule has 0 aliphatic heterocycles. The predicted octanol–water partition coefficient (Wildman–Crippen LogP) is 3.97. The molecule has 1 amide bonds. The number of carbonyl (C=O) groups excluding carboxylic acids is 1. The van der Waals surface area contributed by atoms with Crippen LogP contribution in [0.15, 0.2) is 67.0 Å². The number of halogens is 1. The van der Waals surface area contributed by atoms with E-state index in [2.05, 4.69) is 10.4 Å². The number of anilines is 1. The first-order valence-corrected chi connectivity index (χ1v) is 7.47. The van der Waals surface area contributed by atoms with Gasteiger partial charge in [0, 0.05) is 23.5 Å². The third kappa shape index (κ3) is 3.76. The summed E-state index contributed by atoms with van der Waals surface area (Å²) >= 11 is 0. The van der Waals surface area contributed by atoms with E-state index in [0.29, 0.717) is 11.3 Å². The summed E-state index contributed by atoms with van der Waals surface area (Å²) in [6.07, 6.45) is 6.62. The van der Waals surface area contributed by atoms with Gasteiger partial charge in [-0.15, -0.1) is 0 Å². The maximum atomic E-state index is 13.1. The number of rotatable bonds is 4. The highest BCUT2D eigenvalue weighted by atomic mass is 19.1. The summed E-state index contributed by atoms with van der Waals surface area (Å²) in [5.74, 6) is -0.605. The maximum Gasteiger partial charge on any atom is 0.248 e. The Hall–Kier alpha value is -3.21. The van der Waals surface area contributed by atoms with Crippen LogP contribution in [0.1, 0.15) is 11.1 Å². The van der Waals surface area contributed by atoms with Gasteiger partial charge in [-0.1, -0.05) is 18.2 Å². The van der Waals surface area contributed by atoms with E-state index in [4.69, 9.17) is 0 Å². The molecule has 0 unspecified atom stereocenters. The van der Waals surface area contributed by atoms with Crippen molar-refractivity contribution in [3.8, 4) is 5.69 Å². The maximum absolute atomic E-state index is 13.1. The summed E-state index contributed by atoms with van der Waals surface area (Å²) in [7, 11) is 0. The van der Waals surface area contributed by atoms with Gasteiger partial charge in [-0.3, -0.25) is 4.79 Å². The Labute approximate surface area is 139 Å². The number of amides is 1. The molecule has 1 N–H and O–H groups in total. The molecular weight excluding hydrogens is 305 g/mol. The standard InChI is InChI=1S/C19H16FN3O/c1-14-11-16(20)8-9-18(14)22-19(24)10-7-15-12-21-23(13-15)17-5-3-2-4-6-17/h2-13H,1H3,(H,22,24)/b10-7+. The Kier molecular flexibility index (Phi) is 4.52. The van der Waals surface area contributed by atoms with Gasteiger partial charge in [-0.2, -0.15) is 5.10 Å². The van der Waals surface area contributed by atoms with Crippen LogP contribution in [0.5, 0.6) is 0 Å². The Morgan fingerprint density at radius 2 is 2.00 bits per heavy atom. The summed E-state index contributed by atoms with van der Waals surface area (Å²) in [6.45, 7) is 1.74. The summed E-state index contributed by atoms with van der Waals surface area (Å²) in [4.78, 5) is 12.0. The van der Waals surface area contributed by atoms with Crippen LogP contribution in [0.2, 0.25) is 0 Å². The number of nitrogens with zero attached hydrogens (tertiary/aromatic N) is 2. The highest BCUT2D eigenvalue weighted by Gasteiger charge is 2.03. The first-order chi connectivity index (χ1) is 11.6. The van der Waals surface area contributed by atoms with E-state index in [1.807, 2.05) is 36.5 Å². The molecule has 3 aromatic rings. The number of hydrogen-bond acceptors (Lipinski definition) is 2. The largest absolute Gasteiger partial charge is 0.322 e. The van der Waals surface area contributed by atoms with E-state index in [9.17, 15) is 9.18 Å². The molecule has 1 aromatic heterocycles. The minimum Gasteiger partial charge on any atom is -0.322 e. The number of aromatic nitrogens is 2. The lowest BCUT2D eigenvalue weighted by Crippen LogP contribution is -2.08. The first-order valence-electron chi connectivity index (χ1n) is 7.47. The summed E-state index contributed by atoms with van der Waals surface area (Å²) in [5.41, 5.74) is 3.02. The second-order valence-corrected chi connectivity index (χ2v) is 5.34. The lowest BCUT2D eigenvalue weighted by molar-refractivity contribution is -0.111. The van der Waals surface area contributed by atoms with E-state index in [0.717, 1.165) is 11.3 Å². The van der Waals surface area contributed by atoms with Crippen molar-refractivity contribution in [3.05, 3.63) is 83.9 Å². The van der Waals surface area contributed by atoms with Gasteiger partial charge in [-0.25, -0.2) is 9.07 Å². The van der Waals surface area contributed by atoms with Crippen molar-refractivity contribution < 1.29 is 9.18 Å². The van der Waals surface area contributed by atoms with Gasteiger partial charge in [0.15, 0.2) is 0 Å². The van der Waals surface area contributed by atoms with E-state index in [1.54, 1.807) is 29.9 Å². The molecule has 0 aliphatic rings. The van der Waals surface area contributed by atoms with E-state index in [1.165, 1.54) is 18.2 Å². The molecule has 4 nitrogen and oxygen atoms in total. The van der Waals surface area contributed by atoms with Gasteiger partial charge in [0.1, 0.15) is 5.82 Å². The molecule has 0 spiro atoms. The molecule has 1 heterocycles. The molecule has 0 atom stereocenters. The molecule has 0 bridgehead atoms. The molecular formula is C19H16FN3O. The van der Waals surface area contributed by atoms with Crippen molar-refractivity contribution in [2.24, 2.45) is 0 Å². The third-order valence-electron chi connectivity index (χ3n) is 3.50. The minimum atomic E-state index is -0.325. The van der Waals surface area contributed by atoms with Crippen molar-refractivity contribution >= 4 is 17.7 Å². The van der Waals surface area contributed by atoms with E-state index in [-0.39, 0.29) is 11.7 Å². The molecule has 0 aliphatic carbocycles. The van der Waals surface area contributed by atoms with Crippen LogP contribution in [0.4, 0.5) is 10.1 Å². The minimum absolute atomic E-state index is 0.280. The van der Waals surface area contributed by atoms with Crippen molar-refractivity contribution in [3.63, 3.8) is 0 Å². The van der Waals surface area contributed by atoms with Crippen molar-refractivity contribution in [2.45, 2.75) is 6.92 Å². The molecule has 0 saturated carbocycles. The van der Waals surface area contributed by atoms with E-state index >= 15 is 0 Å². The fourth-order valence-corrected chi connectivity index (χ4v) is 2.26. The fraction of sp³-hybridized carbons (Fsp3) is 0.0526. The number of aryl methyl sites for hydroxylation is 1. The number of nitrogens with one attached hydrogen (secondary N) is 1. The van der Waals surface area contributed by atoms with Crippen LogP contribution in [-0.2, 0) is 4.79 Å². The average molecular weight is 321 g/mol. The SMILES string of the molecule is Cc1cc(F)ccc1NC(=O)/C=C/c1cnn(-c2ccccc2)c1. The Balaban J connectivity index is 1.67. The van der Waals surface area contributed by atoms with Crippen molar-refractivity contribution in [1.82, 2.24) is 9.78 Å². The topological polar surface area (TPSA) is 46.9 Å². The molecule has 3 rings (SSSR count). The van der Waals surface area contributed by atoms with Crippen LogP contribution >= 0.6 is 0 Å². The van der Waals surface area contributed by atoms with Crippen LogP contribution in [-0.4, -0.2) is 15.7 Å². The Morgan fingerprint density at radius 3 is 2.75 bits per heavy atom. The molecule has 24 heavy (non-hydrogen) atoms. The Bertz CT molecular complexity index is 885. The van der Waals surface area contributed by atoms with Gasteiger partial charge in [0.2, 0.25) is 5.91 Å². The molecule has 0 saturated heterocycles. The summed E-state index contributed by atoms with van der Waals surface area (Å²) < 4.78 is 14.8. The van der Waals surface area contributed by atoms with Gasteiger partial charge in [0.05, 0.1) is 11.9 Å². The lowest BCUT2D eigenvalue weighted by atomic mass is 10.2.